The SMILES string of the molecule is CCOc1cc(F)cc(C2CCNCC2)c1. The zero-order valence-electron chi connectivity index (χ0n) is 9.63. The molecular formula is C13H18FNO. The highest BCUT2D eigenvalue weighted by Gasteiger charge is 2.16. The van der Waals surface area contributed by atoms with Crippen molar-refractivity contribution in [3.8, 4) is 5.75 Å². The molecule has 2 rings (SSSR count). The van der Waals surface area contributed by atoms with E-state index in [0.29, 0.717) is 18.3 Å². The number of hydrogen-bond acceptors (Lipinski definition) is 2. The predicted octanol–water partition coefficient (Wildman–Crippen LogP) is 2.69. The molecule has 1 aliphatic rings. The van der Waals surface area contributed by atoms with E-state index in [1.54, 1.807) is 6.07 Å². The first-order chi connectivity index (χ1) is 7.79. The van der Waals surface area contributed by atoms with Crippen LogP contribution in [0.15, 0.2) is 18.2 Å². The minimum atomic E-state index is -0.195. The fraction of sp³-hybridized carbons (Fsp3) is 0.538. The molecule has 0 spiro atoms. The molecule has 2 nitrogen and oxygen atoms in total. The number of piperidine rings is 1. The minimum Gasteiger partial charge on any atom is -0.494 e. The van der Waals surface area contributed by atoms with E-state index >= 15 is 0 Å². The maximum absolute atomic E-state index is 13.4. The molecule has 1 aromatic rings. The van der Waals surface area contributed by atoms with Crippen molar-refractivity contribution < 1.29 is 9.13 Å². The van der Waals surface area contributed by atoms with Crippen LogP contribution in [0.1, 0.15) is 31.2 Å². The Labute approximate surface area is 95.8 Å². The van der Waals surface area contributed by atoms with Crippen LogP contribution in [0.3, 0.4) is 0 Å². The maximum atomic E-state index is 13.4. The topological polar surface area (TPSA) is 21.3 Å². The quantitative estimate of drug-likeness (QED) is 0.850. The first kappa shape index (κ1) is 11.4. The van der Waals surface area contributed by atoms with E-state index in [0.717, 1.165) is 31.5 Å². The number of hydrogen-bond donors (Lipinski definition) is 1. The Morgan fingerprint density at radius 1 is 1.31 bits per heavy atom. The fourth-order valence-electron chi connectivity index (χ4n) is 2.23. The van der Waals surface area contributed by atoms with Crippen LogP contribution in [-0.2, 0) is 0 Å². The van der Waals surface area contributed by atoms with Crippen LogP contribution in [0.2, 0.25) is 0 Å². The second kappa shape index (κ2) is 5.30. The maximum Gasteiger partial charge on any atom is 0.127 e. The molecule has 1 fully saturated rings. The molecule has 1 saturated heterocycles. The van der Waals surface area contributed by atoms with Crippen LogP contribution >= 0.6 is 0 Å². The third-order valence-corrected chi connectivity index (χ3v) is 3.02. The highest BCUT2D eigenvalue weighted by molar-refractivity contribution is 5.32. The molecule has 0 bridgehead atoms. The summed E-state index contributed by atoms with van der Waals surface area (Å²) in [4.78, 5) is 0. The predicted molar refractivity (Wildman–Crippen MR) is 62.4 cm³/mol. The molecule has 0 atom stereocenters. The van der Waals surface area contributed by atoms with Gasteiger partial charge in [0, 0.05) is 6.07 Å². The van der Waals surface area contributed by atoms with Crippen molar-refractivity contribution in [1.82, 2.24) is 5.32 Å². The summed E-state index contributed by atoms with van der Waals surface area (Å²) in [5.41, 5.74) is 1.07. The molecule has 0 aliphatic carbocycles. The summed E-state index contributed by atoms with van der Waals surface area (Å²) in [7, 11) is 0. The van der Waals surface area contributed by atoms with Crippen LogP contribution in [-0.4, -0.2) is 19.7 Å². The summed E-state index contributed by atoms with van der Waals surface area (Å²) in [6, 6.07) is 5.06. The number of ether oxygens (including phenoxy) is 1. The Morgan fingerprint density at radius 2 is 2.06 bits per heavy atom. The van der Waals surface area contributed by atoms with E-state index in [1.807, 2.05) is 13.0 Å². The van der Waals surface area contributed by atoms with Gasteiger partial charge < -0.3 is 10.1 Å². The van der Waals surface area contributed by atoms with Gasteiger partial charge in [0.25, 0.3) is 0 Å². The van der Waals surface area contributed by atoms with Gasteiger partial charge in [-0.1, -0.05) is 0 Å². The van der Waals surface area contributed by atoms with Crippen LogP contribution in [0, 0.1) is 5.82 Å². The Hall–Kier alpha value is -1.09. The molecule has 1 aromatic carbocycles. The Bertz CT molecular complexity index is 348. The lowest BCUT2D eigenvalue weighted by Crippen LogP contribution is -2.26. The number of rotatable bonds is 3. The van der Waals surface area contributed by atoms with Crippen LogP contribution in [0.25, 0.3) is 0 Å². The molecule has 16 heavy (non-hydrogen) atoms. The van der Waals surface area contributed by atoms with Gasteiger partial charge in [-0.25, -0.2) is 4.39 Å². The van der Waals surface area contributed by atoms with Crippen molar-refractivity contribution in [2.75, 3.05) is 19.7 Å². The van der Waals surface area contributed by atoms with Crippen molar-refractivity contribution in [2.45, 2.75) is 25.7 Å². The van der Waals surface area contributed by atoms with Gasteiger partial charge in [0.05, 0.1) is 6.61 Å². The van der Waals surface area contributed by atoms with E-state index in [4.69, 9.17) is 4.74 Å². The minimum absolute atomic E-state index is 0.195. The fourth-order valence-corrected chi connectivity index (χ4v) is 2.23. The number of benzene rings is 1. The van der Waals surface area contributed by atoms with Crippen LogP contribution in [0.4, 0.5) is 4.39 Å². The van der Waals surface area contributed by atoms with Crippen molar-refractivity contribution in [3.05, 3.63) is 29.6 Å². The van der Waals surface area contributed by atoms with E-state index in [2.05, 4.69) is 5.32 Å². The molecule has 0 unspecified atom stereocenters. The average Bonchev–Trinajstić information content (AvgIpc) is 2.30. The molecule has 0 aromatic heterocycles. The first-order valence-electron chi connectivity index (χ1n) is 5.93. The summed E-state index contributed by atoms with van der Waals surface area (Å²) in [6.45, 7) is 4.53. The molecule has 0 amide bonds. The summed E-state index contributed by atoms with van der Waals surface area (Å²) >= 11 is 0. The van der Waals surface area contributed by atoms with Crippen molar-refractivity contribution in [3.63, 3.8) is 0 Å². The molecular weight excluding hydrogens is 205 g/mol. The van der Waals surface area contributed by atoms with Crippen LogP contribution in [0.5, 0.6) is 5.75 Å². The van der Waals surface area contributed by atoms with Gasteiger partial charge >= 0.3 is 0 Å². The molecule has 0 saturated carbocycles. The largest absolute Gasteiger partial charge is 0.494 e. The lowest BCUT2D eigenvalue weighted by molar-refractivity contribution is 0.337. The lowest BCUT2D eigenvalue weighted by Gasteiger charge is -2.23. The zero-order valence-corrected chi connectivity index (χ0v) is 9.63. The lowest BCUT2D eigenvalue weighted by atomic mass is 9.90. The van der Waals surface area contributed by atoms with E-state index in [9.17, 15) is 4.39 Å². The molecule has 88 valence electrons. The van der Waals surface area contributed by atoms with Gasteiger partial charge in [0.1, 0.15) is 11.6 Å². The van der Waals surface area contributed by atoms with Gasteiger partial charge in [-0.15, -0.1) is 0 Å². The molecule has 0 radical (unpaired) electrons. The third kappa shape index (κ3) is 2.73. The molecule has 1 aliphatic heterocycles. The summed E-state index contributed by atoms with van der Waals surface area (Å²) in [5, 5.41) is 3.31. The normalized spacial score (nSPS) is 17.4. The second-order valence-electron chi connectivity index (χ2n) is 4.18. The highest BCUT2D eigenvalue weighted by atomic mass is 19.1. The van der Waals surface area contributed by atoms with E-state index in [1.165, 1.54) is 6.07 Å². The van der Waals surface area contributed by atoms with Gasteiger partial charge in [-0.05, 0) is 56.5 Å². The van der Waals surface area contributed by atoms with E-state index < -0.39 is 0 Å². The zero-order chi connectivity index (χ0) is 11.4. The van der Waals surface area contributed by atoms with Gasteiger partial charge in [0.15, 0.2) is 0 Å². The molecule has 1 N–H and O–H groups in total. The Kier molecular flexibility index (Phi) is 3.78. The van der Waals surface area contributed by atoms with Gasteiger partial charge in [-0.3, -0.25) is 0 Å². The molecule has 3 heteroatoms. The highest BCUT2D eigenvalue weighted by Crippen LogP contribution is 2.28. The van der Waals surface area contributed by atoms with Crippen molar-refractivity contribution in [2.24, 2.45) is 0 Å². The first-order valence-corrected chi connectivity index (χ1v) is 5.93. The second-order valence-corrected chi connectivity index (χ2v) is 4.18. The average molecular weight is 223 g/mol. The Morgan fingerprint density at radius 3 is 2.75 bits per heavy atom. The number of nitrogens with one attached hydrogen (secondary N) is 1. The third-order valence-electron chi connectivity index (χ3n) is 3.02. The number of halogens is 1. The smallest absolute Gasteiger partial charge is 0.127 e. The van der Waals surface area contributed by atoms with Crippen LogP contribution < -0.4 is 10.1 Å². The summed E-state index contributed by atoms with van der Waals surface area (Å²) in [5.74, 6) is 0.923. The Balaban J connectivity index is 2.18. The summed E-state index contributed by atoms with van der Waals surface area (Å²) in [6.07, 6.45) is 2.16. The van der Waals surface area contributed by atoms with Gasteiger partial charge in [0.2, 0.25) is 0 Å². The van der Waals surface area contributed by atoms with Crippen molar-refractivity contribution in [1.29, 1.82) is 0 Å². The standard InChI is InChI=1S/C13H18FNO/c1-2-16-13-8-11(7-12(14)9-13)10-3-5-15-6-4-10/h7-10,15H,2-6H2,1H3. The van der Waals surface area contributed by atoms with E-state index in [-0.39, 0.29) is 5.82 Å². The van der Waals surface area contributed by atoms with Gasteiger partial charge in [-0.2, -0.15) is 0 Å². The summed E-state index contributed by atoms with van der Waals surface area (Å²) < 4.78 is 18.8. The van der Waals surface area contributed by atoms with Crippen molar-refractivity contribution >= 4 is 0 Å². The molecule has 1 heterocycles. The monoisotopic (exact) mass is 223 g/mol.